The van der Waals surface area contributed by atoms with Crippen molar-refractivity contribution in [1.29, 1.82) is 0 Å². The van der Waals surface area contributed by atoms with Crippen molar-refractivity contribution < 1.29 is 9.47 Å². The van der Waals surface area contributed by atoms with E-state index in [2.05, 4.69) is 29.0 Å². The highest BCUT2D eigenvalue weighted by Gasteiger charge is 2.23. The molecule has 0 amide bonds. The summed E-state index contributed by atoms with van der Waals surface area (Å²) in [5, 5.41) is 0. The maximum Gasteiger partial charge on any atom is 0.205 e. The molecule has 1 aromatic heterocycles. The third-order valence-electron chi connectivity index (χ3n) is 4.23. The molecule has 0 fully saturated rings. The molecule has 0 unspecified atom stereocenters. The molecule has 0 saturated carbocycles. The third kappa shape index (κ3) is 2.91. The van der Waals surface area contributed by atoms with Crippen LogP contribution in [0.2, 0.25) is 0 Å². The Labute approximate surface area is 151 Å². The lowest BCUT2D eigenvalue weighted by atomic mass is 10.0. The second-order valence-electron chi connectivity index (χ2n) is 6.02. The Hall–Kier alpha value is -2.66. The Morgan fingerprint density at radius 1 is 1.20 bits per heavy atom. The molecule has 0 aliphatic carbocycles. The van der Waals surface area contributed by atoms with Gasteiger partial charge in [-0.25, -0.2) is 4.98 Å². The highest BCUT2D eigenvalue weighted by atomic mass is 32.1. The Morgan fingerprint density at radius 2 is 2.00 bits per heavy atom. The zero-order valence-corrected chi connectivity index (χ0v) is 14.9. The van der Waals surface area contributed by atoms with Crippen molar-refractivity contribution in [1.82, 2.24) is 9.97 Å². The van der Waals surface area contributed by atoms with E-state index in [1.165, 1.54) is 5.56 Å². The van der Waals surface area contributed by atoms with Gasteiger partial charge in [-0.05, 0) is 19.9 Å². The number of fused-ring (bicyclic) bond motifs is 2. The van der Waals surface area contributed by atoms with Gasteiger partial charge in [-0.2, -0.15) is 0 Å². The van der Waals surface area contributed by atoms with E-state index in [-0.39, 0.29) is 0 Å². The molecule has 0 bridgehead atoms. The highest BCUT2D eigenvalue weighted by molar-refractivity contribution is 7.71. The van der Waals surface area contributed by atoms with Gasteiger partial charge in [0.25, 0.3) is 0 Å². The van der Waals surface area contributed by atoms with Gasteiger partial charge in [0.15, 0.2) is 11.5 Å². The van der Waals surface area contributed by atoms with Gasteiger partial charge in [-0.15, -0.1) is 0 Å². The first kappa shape index (κ1) is 15.8. The van der Waals surface area contributed by atoms with E-state index in [1.807, 2.05) is 37.3 Å². The minimum atomic E-state index is 0.566. The topological polar surface area (TPSA) is 47.1 Å². The number of aromatic amines is 1. The predicted molar refractivity (Wildman–Crippen MR) is 100 cm³/mol. The minimum Gasteiger partial charge on any atom is -0.490 e. The number of nitrogens with zero attached hydrogens (tertiary/aromatic N) is 1. The second-order valence-corrected chi connectivity index (χ2v) is 6.41. The van der Waals surface area contributed by atoms with Crippen molar-refractivity contribution in [3.8, 4) is 28.8 Å². The van der Waals surface area contributed by atoms with Gasteiger partial charge in [-0.3, -0.25) is 0 Å². The molecular formula is C20H18N2O2S. The first-order valence-electron chi connectivity index (χ1n) is 8.28. The van der Waals surface area contributed by atoms with E-state index in [1.54, 1.807) is 0 Å². The molecule has 0 spiro atoms. The van der Waals surface area contributed by atoms with Crippen molar-refractivity contribution in [2.45, 2.75) is 20.3 Å². The molecule has 0 atom stereocenters. The molecule has 4 nitrogen and oxygen atoms in total. The molecule has 1 aliphatic heterocycles. The van der Waals surface area contributed by atoms with Crippen LogP contribution in [0, 0.1) is 11.6 Å². The number of hydrogen-bond donors (Lipinski definition) is 1. The molecule has 4 rings (SSSR count). The Balaban J connectivity index is 1.79. The maximum absolute atomic E-state index is 6.14. The predicted octanol–water partition coefficient (Wildman–Crippen LogP) is 5.21. The van der Waals surface area contributed by atoms with Gasteiger partial charge in [-0.1, -0.05) is 54.2 Å². The summed E-state index contributed by atoms with van der Waals surface area (Å²) in [6.07, 6.45) is 0.683. The van der Waals surface area contributed by atoms with Crippen molar-refractivity contribution in [2.24, 2.45) is 0 Å². The SMILES string of the molecule is CCOc1cccc2c1Oc1[nH]c(-c3ccc(C)cc3)nc(=S)c1C2. The number of benzene rings is 2. The number of aromatic nitrogens is 2. The number of aryl methyl sites for hydroxylation is 1. The lowest BCUT2D eigenvalue weighted by Gasteiger charge is -2.22. The van der Waals surface area contributed by atoms with Gasteiger partial charge in [0.2, 0.25) is 5.88 Å². The Kier molecular flexibility index (Phi) is 4.01. The lowest BCUT2D eigenvalue weighted by Crippen LogP contribution is -2.09. The van der Waals surface area contributed by atoms with E-state index < -0.39 is 0 Å². The third-order valence-corrected chi connectivity index (χ3v) is 4.57. The van der Waals surface area contributed by atoms with Crippen molar-refractivity contribution in [2.75, 3.05) is 6.61 Å². The van der Waals surface area contributed by atoms with Gasteiger partial charge >= 0.3 is 0 Å². The van der Waals surface area contributed by atoms with Crippen LogP contribution in [0.4, 0.5) is 0 Å². The molecular weight excluding hydrogens is 332 g/mol. The first-order chi connectivity index (χ1) is 12.2. The summed E-state index contributed by atoms with van der Waals surface area (Å²) in [5.41, 5.74) is 4.15. The summed E-state index contributed by atoms with van der Waals surface area (Å²) in [5.74, 6) is 2.86. The van der Waals surface area contributed by atoms with E-state index in [4.69, 9.17) is 21.7 Å². The fraction of sp³-hybridized carbons (Fsp3) is 0.200. The zero-order valence-electron chi connectivity index (χ0n) is 14.1. The normalized spacial score (nSPS) is 12.1. The van der Waals surface area contributed by atoms with Crippen LogP contribution in [-0.4, -0.2) is 16.6 Å². The number of rotatable bonds is 3. The summed E-state index contributed by atoms with van der Waals surface area (Å²) < 4.78 is 12.4. The molecule has 3 aromatic rings. The molecule has 2 aromatic carbocycles. The van der Waals surface area contributed by atoms with Crippen LogP contribution in [0.1, 0.15) is 23.6 Å². The van der Waals surface area contributed by atoms with Crippen LogP contribution < -0.4 is 9.47 Å². The number of nitrogens with one attached hydrogen (secondary N) is 1. The Morgan fingerprint density at radius 3 is 2.76 bits per heavy atom. The molecule has 0 saturated heterocycles. The van der Waals surface area contributed by atoms with Gasteiger partial charge in [0.05, 0.1) is 12.2 Å². The number of para-hydroxylation sites is 1. The standard InChI is InChI=1S/C20H18N2O2S/c1-3-23-16-6-4-5-14-11-15-19(24-17(14)16)21-18(22-20(15)25)13-9-7-12(2)8-10-13/h4-10H,3,11H2,1-2H3,(H,21,22,25). The van der Waals surface area contributed by atoms with Crippen molar-refractivity contribution >= 4 is 12.2 Å². The fourth-order valence-corrected chi connectivity index (χ4v) is 3.20. The van der Waals surface area contributed by atoms with E-state index in [0.717, 1.165) is 28.2 Å². The van der Waals surface area contributed by atoms with Crippen LogP contribution in [0.5, 0.6) is 17.4 Å². The lowest BCUT2D eigenvalue weighted by molar-refractivity contribution is 0.315. The van der Waals surface area contributed by atoms with E-state index >= 15 is 0 Å². The molecule has 5 heteroatoms. The molecule has 1 aliphatic rings. The molecule has 126 valence electrons. The van der Waals surface area contributed by atoms with Crippen molar-refractivity contribution in [3.63, 3.8) is 0 Å². The minimum absolute atomic E-state index is 0.566. The summed E-state index contributed by atoms with van der Waals surface area (Å²) in [6, 6.07) is 14.1. The second kappa shape index (κ2) is 6.33. The zero-order chi connectivity index (χ0) is 17.4. The quantitative estimate of drug-likeness (QED) is 0.515. The van der Waals surface area contributed by atoms with E-state index in [9.17, 15) is 0 Å². The van der Waals surface area contributed by atoms with Crippen LogP contribution in [0.15, 0.2) is 42.5 Å². The molecule has 25 heavy (non-hydrogen) atoms. The van der Waals surface area contributed by atoms with Crippen molar-refractivity contribution in [3.05, 3.63) is 63.8 Å². The molecule has 1 N–H and O–H groups in total. The summed E-state index contributed by atoms with van der Waals surface area (Å²) >= 11 is 5.52. The van der Waals surface area contributed by atoms with Crippen LogP contribution in [0.25, 0.3) is 11.4 Å². The first-order valence-corrected chi connectivity index (χ1v) is 8.69. The van der Waals surface area contributed by atoms with Crippen LogP contribution in [-0.2, 0) is 6.42 Å². The molecule has 2 heterocycles. The summed E-state index contributed by atoms with van der Waals surface area (Å²) in [6.45, 7) is 4.61. The average Bonchev–Trinajstić information content (AvgIpc) is 2.62. The van der Waals surface area contributed by atoms with Gasteiger partial charge in [0.1, 0.15) is 10.5 Å². The average molecular weight is 350 g/mol. The van der Waals surface area contributed by atoms with Gasteiger partial charge < -0.3 is 14.5 Å². The molecule has 0 radical (unpaired) electrons. The Bertz CT molecular complexity index is 994. The fourth-order valence-electron chi connectivity index (χ4n) is 2.95. The van der Waals surface area contributed by atoms with Crippen LogP contribution >= 0.6 is 12.2 Å². The largest absolute Gasteiger partial charge is 0.490 e. The monoisotopic (exact) mass is 350 g/mol. The summed E-state index contributed by atoms with van der Waals surface area (Å²) in [7, 11) is 0. The highest BCUT2D eigenvalue weighted by Crippen LogP contribution is 2.42. The van der Waals surface area contributed by atoms with Gasteiger partial charge in [0, 0.05) is 17.5 Å². The van der Waals surface area contributed by atoms with E-state index in [0.29, 0.717) is 29.4 Å². The number of hydrogen-bond acceptors (Lipinski definition) is 4. The summed E-state index contributed by atoms with van der Waals surface area (Å²) in [4.78, 5) is 7.86. The van der Waals surface area contributed by atoms with Crippen LogP contribution in [0.3, 0.4) is 0 Å². The maximum atomic E-state index is 6.14. The number of H-pyrrole nitrogens is 1. The number of ether oxygens (including phenoxy) is 2. The smallest absolute Gasteiger partial charge is 0.205 e.